The molecule has 0 unspecified atom stereocenters. The summed E-state index contributed by atoms with van der Waals surface area (Å²) in [6, 6.07) is 9.82. The van der Waals surface area contributed by atoms with Crippen molar-refractivity contribution >= 4 is 21.6 Å². The molecule has 1 amide bonds. The highest BCUT2D eigenvalue weighted by Gasteiger charge is 2.18. The van der Waals surface area contributed by atoms with Gasteiger partial charge in [0.25, 0.3) is 15.9 Å². The second kappa shape index (κ2) is 6.84. The molecule has 2 aromatic carbocycles. The zero-order valence-corrected chi connectivity index (χ0v) is 15.4. The molecule has 0 atom stereocenters. The minimum absolute atomic E-state index is 0.180. The Balaban J connectivity index is 2.26. The molecule has 0 aliphatic heterocycles. The van der Waals surface area contributed by atoms with Crippen LogP contribution in [0.15, 0.2) is 47.4 Å². The van der Waals surface area contributed by atoms with Gasteiger partial charge in [-0.05, 0) is 63.6 Å². The van der Waals surface area contributed by atoms with Gasteiger partial charge in [0.1, 0.15) is 5.82 Å². The lowest BCUT2D eigenvalue weighted by atomic mass is 10.1. The molecule has 134 valence electrons. The van der Waals surface area contributed by atoms with Crippen molar-refractivity contribution in [2.75, 3.05) is 4.72 Å². The normalized spacial score (nSPS) is 11.9. The lowest BCUT2D eigenvalue weighted by Gasteiger charge is -2.20. The first kappa shape index (κ1) is 18.9. The van der Waals surface area contributed by atoms with Gasteiger partial charge < -0.3 is 5.32 Å². The summed E-state index contributed by atoms with van der Waals surface area (Å²) in [5.74, 6) is -0.906. The van der Waals surface area contributed by atoms with Crippen molar-refractivity contribution < 1.29 is 17.6 Å². The molecule has 0 spiro atoms. The predicted octanol–water partition coefficient (Wildman–Crippen LogP) is 3.46. The Kier molecular flexibility index (Phi) is 5.17. The molecular formula is C18H21FN2O3S. The lowest BCUT2D eigenvalue weighted by molar-refractivity contribution is 0.0919. The van der Waals surface area contributed by atoms with E-state index in [1.807, 2.05) is 20.8 Å². The first-order valence-electron chi connectivity index (χ1n) is 7.69. The summed E-state index contributed by atoms with van der Waals surface area (Å²) in [6.07, 6.45) is 0. The molecule has 0 heterocycles. The van der Waals surface area contributed by atoms with Crippen LogP contribution in [0, 0.1) is 12.7 Å². The monoisotopic (exact) mass is 364 g/mol. The van der Waals surface area contributed by atoms with E-state index >= 15 is 0 Å². The average molecular weight is 364 g/mol. The van der Waals surface area contributed by atoms with Gasteiger partial charge in [-0.1, -0.05) is 12.1 Å². The van der Waals surface area contributed by atoms with Gasteiger partial charge in [-0.3, -0.25) is 9.52 Å². The number of anilines is 1. The highest BCUT2D eigenvalue weighted by molar-refractivity contribution is 7.92. The van der Waals surface area contributed by atoms with Crippen molar-refractivity contribution in [1.29, 1.82) is 0 Å². The molecular weight excluding hydrogens is 343 g/mol. The summed E-state index contributed by atoms with van der Waals surface area (Å²) in [5, 5.41) is 2.81. The summed E-state index contributed by atoms with van der Waals surface area (Å²) in [7, 11) is -3.95. The first-order chi connectivity index (χ1) is 11.5. The molecule has 7 heteroatoms. The summed E-state index contributed by atoms with van der Waals surface area (Å²) in [6.45, 7) is 7.10. The molecule has 0 bridgehead atoms. The smallest absolute Gasteiger partial charge is 0.261 e. The Hall–Kier alpha value is -2.41. The van der Waals surface area contributed by atoms with Crippen molar-refractivity contribution in [3.8, 4) is 0 Å². The molecule has 2 N–H and O–H groups in total. The van der Waals surface area contributed by atoms with E-state index in [4.69, 9.17) is 0 Å². The van der Waals surface area contributed by atoms with Gasteiger partial charge in [-0.2, -0.15) is 0 Å². The average Bonchev–Trinajstić information content (AvgIpc) is 2.48. The number of nitrogens with one attached hydrogen (secondary N) is 2. The molecule has 2 rings (SSSR count). The third-order valence-corrected chi connectivity index (χ3v) is 4.70. The number of rotatable bonds is 4. The summed E-state index contributed by atoms with van der Waals surface area (Å²) in [4.78, 5) is 12.0. The van der Waals surface area contributed by atoms with Gasteiger partial charge in [0.15, 0.2) is 0 Å². The number of carbonyl (C=O) groups excluding carboxylic acids is 1. The van der Waals surface area contributed by atoms with E-state index in [0.29, 0.717) is 11.1 Å². The largest absolute Gasteiger partial charge is 0.347 e. The van der Waals surface area contributed by atoms with E-state index < -0.39 is 21.4 Å². The topological polar surface area (TPSA) is 75.3 Å². The zero-order chi connectivity index (χ0) is 18.8. The molecule has 0 aliphatic carbocycles. The van der Waals surface area contributed by atoms with Gasteiger partial charge in [-0.25, -0.2) is 12.8 Å². The van der Waals surface area contributed by atoms with Crippen LogP contribution in [0.1, 0.15) is 36.7 Å². The molecule has 0 saturated carbocycles. The van der Waals surface area contributed by atoms with Crippen LogP contribution in [0.3, 0.4) is 0 Å². The molecule has 0 fully saturated rings. The van der Waals surface area contributed by atoms with Crippen LogP contribution < -0.4 is 10.0 Å². The van der Waals surface area contributed by atoms with E-state index in [2.05, 4.69) is 10.0 Å². The predicted molar refractivity (Wildman–Crippen MR) is 95.6 cm³/mol. The maximum Gasteiger partial charge on any atom is 0.261 e. The van der Waals surface area contributed by atoms with Gasteiger partial charge in [0.05, 0.1) is 4.90 Å². The van der Waals surface area contributed by atoms with Crippen molar-refractivity contribution in [1.82, 2.24) is 5.32 Å². The Morgan fingerprint density at radius 1 is 1.08 bits per heavy atom. The first-order valence-corrected chi connectivity index (χ1v) is 9.18. The summed E-state index contributed by atoms with van der Waals surface area (Å²) in [5.41, 5.74) is 0.499. The maximum atomic E-state index is 13.6. The molecule has 0 aliphatic rings. The molecule has 25 heavy (non-hydrogen) atoms. The minimum atomic E-state index is -3.95. The van der Waals surface area contributed by atoms with Gasteiger partial charge in [-0.15, -0.1) is 0 Å². The highest BCUT2D eigenvalue weighted by Crippen LogP contribution is 2.19. The number of benzene rings is 2. The zero-order valence-electron chi connectivity index (χ0n) is 14.6. The van der Waals surface area contributed by atoms with Crippen LogP contribution in [-0.2, 0) is 10.0 Å². The number of hydrogen-bond acceptors (Lipinski definition) is 3. The molecule has 0 aromatic heterocycles. The van der Waals surface area contributed by atoms with Gasteiger partial charge in [0, 0.05) is 16.8 Å². The van der Waals surface area contributed by atoms with Crippen LogP contribution in [-0.4, -0.2) is 19.9 Å². The van der Waals surface area contributed by atoms with E-state index in [9.17, 15) is 17.6 Å². The Morgan fingerprint density at radius 3 is 2.36 bits per heavy atom. The Bertz CT molecular complexity index is 903. The number of carbonyl (C=O) groups is 1. The second-order valence-electron chi connectivity index (χ2n) is 6.80. The third kappa shape index (κ3) is 5.03. The highest BCUT2D eigenvalue weighted by atomic mass is 32.2. The van der Waals surface area contributed by atoms with E-state index in [0.717, 1.165) is 6.07 Å². The third-order valence-electron chi connectivity index (χ3n) is 3.32. The van der Waals surface area contributed by atoms with Crippen molar-refractivity contribution in [2.24, 2.45) is 0 Å². The van der Waals surface area contributed by atoms with E-state index in [-0.39, 0.29) is 16.5 Å². The molecule has 5 nitrogen and oxygen atoms in total. The number of sulfonamides is 1. The Labute approximate surface area is 147 Å². The fourth-order valence-electron chi connectivity index (χ4n) is 2.09. The van der Waals surface area contributed by atoms with Crippen LogP contribution in [0.4, 0.5) is 10.1 Å². The van der Waals surface area contributed by atoms with Crippen LogP contribution >= 0.6 is 0 Å². The number of hydrogen-bond donors (Lipinski definition) is 2. The number of halogens is 1. The molecule has 0 radical (unpaired) electrons. The number of aryl methyl sites for hydroxylation is 1. The fourth-order valence-corrected chi connectivity index (χ4v) is 3.15. The SMILES string of the molecule is Cc1ccc(S(=O)(=O)Nc2cccc(C(=O)NC(C)(C)C)c2)cc1F. The second-order valence-corrected chi connectivity index (χ2v) is 8.48. The van der Waals surface area contributed by atoms with Gasteiger partial charge in [0.2, 0.25) is 0 Å². The van der Waals surface area contributed by atoms with Crippen molar-refractivity contribution in [3.05, 3.63) is 59.4 Å². The van der Waals surface area contributed by atoms with Crippen molar-refractivity contribution in [2.45, 2.75) is 38.1 Å². The maximum absolute atomic E-state index is 13.6. The summed E-state index contributed by atoms with van der Waals surface area (Å²) < 4.78 is 40.8. The van der Waals surface area contributed by atoms with Gasteiger partial charge >= 0.3 is 0 Å². The summed E-state index contributed by atoms with van der Waals surface area (Å²) >= 11 is 0. The Morgan fingerprint density at radius 2 is 1.76 bits per heavy atom. The lowest BCUT2D eigenvalue weighted by Crippen LogP contribution is -2.40. The number of amides is 1. The van der Waals surface area contributed by atoms with Crippen LogP contribution in [0.5, 0.6) is 0 Å². The van der Waals surface area contributed by atoms with E-state index in [1.165, 1.54) is 24.3 Å². The van der Waals surface area contributed by atoms with Crippen molar-refractivity contribution in [3.63, 3.8) is 0 Å². The molecule has 2 aromatic rings. The van der Waals surface area contributed by atoms with E-state index in [1.54, 1.807) is 19.1 Å². The minimum Gasteiger partial charge on any atom is -0.347 e. The van der Waals surface area contributed by atoms with Crippen LogP contribution in [0.2, 0.25) is 0 Å². The standard InChI is InChI=1S/C18H21FN2O3S/c1-12-8-9-15(11-16(12)19)25(23,24)21-14-7-5-6-13(10-14)17(22)20-18(2,3)4/h5-11,21H,1-4H3,(H,20,22). The quantitative estimate of drug-likeness (QED) is 0.872. The fraction of sp³-hybridized carbons (Fsp3) is 0.278. The molecule has 0 saturated heterocycles. The van der Waals surface area contributed by atoms with Crippen LogP contribution in [0.25, 0.3) is 0 Å².